The summed E-state index contributed by atoms with van der Waals surface area (Å²) in [4.78, 5) is 48.8. The van der Waals surface area contributed by atoms with Gasteiger partial charge < -0.3 is 19.6 Å². The Labute approximate surface area is 236 Å². The lowest BCUT2D eigenvalue weighted by molar-refractivity contribution is -0.157. The molecule has 1 saturated heterocycles. The summed E-state index contributed by atoms with van der Waals surface area (Å²) in [6.07, 6.45) is 0.831. The second-order valence-corrected chi connectivity index (χ2v) is 10.9. The molecule has 216 valence electrons. The van der Waals surface area contributed by atoms with Crippen molar-refractivity contribution in [3.63, 3.8) is 0 Å². The van der Waals surface area contributed by atoms with Gasteiger partial charge in [-0.1, -0.05) is 58.0 Å². The van der Waals surface area contributed by atoms with E-state index in [0.29, 0.717) is 18.7 Å². The van der Waals surface area contributed by atoms with Gasteiger partial charge in [0.05, 0.1) is 6.04 Å². The first kappa shape index (κ1) is 30.8. The maximum absolute atomic E-state index is 12.9. The van der Waals surface area contributed by atoms with Gasteiger partial charge in [-0.3, -0.25) is 19.4 Å². The third-order valence-electron chi connectivity index (χ3n) is 6.92. The van der Waals surface area contributed by atoms with E-state index in [0.717, 1.165) is 29.4 Å². The van der Waals surface area contributed by atoms with Crippen molar-refractivity contribution in [1.29, 1.82) is 0 Å². The number of ether oxygens (including phenoxy) is 2. The first-order chi connectivity index (χ1) is 19.0. The second-order valence-electron chi connectivity index (χ2n) is 10.9. The Morgan fingerprint density at radius 1 is 1.00 bits per heavy atom. The molecule has 0 unspecified atom stereocenters. The van der Waals surface area contributed by atoms with Crippen LogP contribution in [0.25, 0.3) is 11.1 Å². The Bertz CT molecular complexity index is 1180. The van der Waals surface area contributed by atoms with Crippen LogP contribution in [0.5, 0.6) is 5.75 Å². The highest BCUT2D eigenvalue weighted by atomic mass is 16.5. The lowest BCUT2D eigenvalue weighted by Crippen LogP contribution is -2.56. The van der Waals surface area contributed by atoms with E-state index in [-0.39, 0.29) is 29.6 Å². The van der Waals surface area contributed by atoms with Crippen molar-refractivity contribution in [2.24, 2.45) is 11.8 Å². The average molecular weight is 552 g/mol. The van der Waals surface area contributed by atoms with E-state index in [2.05, 4.69) is 10.7 Å². The van der Waals surface area contributed by atoms with E-state index in [1.165, 1.54) is 5.01 Å². The predicted molar refractivity (Wildman–Crippen MR) is 152 cm³/mol. The SMILES string of the molecule is CC(C)C(=O)N1CCC[C@@H](C(=O)O[C@H](C)c2cccc(-c3ccc(O[C@@H](C)C(=O)N[C@H](C=O)C(C)C)cc3)c2)N1. The molecule has 0 spiro atoms. The van der Waals surface area contributed by atoms with Crippen molar-refractivity contribution < 1.29 is 28.7 Å². The van der Waals surface area contributed by atoms with Crippen molar-refractivity contribution >= 4 is 24.1 Å². The van der Waals surface area contributed by atoms with Crippen molar-refractivity contribution in [2.45, 2.75) is 78.7 Å². The molecule has 0 radical (unpaired) electrons. The Kier molecular flexibility index (Phi) is 10.8. The van der Waals surface area contributed by atoms with Crippen LogP contribution in [0.1, 0.15) is 66.1 Å². The zero-order valence-electron chi connectivity index (χ0n) is 24.2. The van der Waals surface area contributed by atoms with Crippen LogP contribution < -0.4 is 15.5 Å². The highest BCUT2D eigenvalue weighted by Gasteiger charge is 2.31. The van der Waals surface area contributed by atoms with Gasteiger partial charge >= 0.3 is 5.97 Å². The Morgan fingerprint density at radius 2 is 1.70 bits per heavy atom. The van der Waals surface area contributed by atoms with Gasteiger partial charge in [-0.25, -0.2) is 5.43 Å². The third-order valence-corrected chi connectivity index (χ3v) is 6.92. The summed E-state index contributed by atoms with van der Waals surface area (Å²) in [7, 11) is 0. The molecule has 9 heteroatoms. The molecule has 0 aliphatic carbocycles. The molecule has 0 aromatic heterocycles. The number of rotatable bonds is 11. The minimum atomic E-state index is -0.764. The molecule has 40 heavy (non-hydrogen) atoms. The van der Waals surface area contributed by atoms with E-state index in [1.807, 2.05) is 71.0 Å². The molecular weight excluding hydrogens is 510 g/mol. The number of carbonyl (C=O) groups is 4. The topological polar surface area (TPSA) is 114 Å². The second kappa shape index (κ2) is 14.1. The van der Waals surface area contributed by atoms with Crippen molar-refractivity contribution in [2.75, 3.05) is 6.54 Å². The quantitative estimate of drug-likeness (QED) is 0.318. The highest BCUT2D eigenvalue weighted by molar-refractivity contribution is 5.83. The first-order valence-electron chi connectivity index (χ1n) is 13.9. The van der Waals surface area contributed by atoms with E-state index >= 15 is 0 Å². The number of nitrogens with one attached hydrogen (secondary N) is 2. The fourth-order valence-electron chi connectivity index (χ4n) is 4.35. The lowest BCUT2D eigenvalue weighted by Gasteiger charge is -2.34. The van der Waals surface area contributed by atoms with E-state index < -0.39 is 24.3 Å². The number of amides is 2. The van der Waals surface area contributed by atoms with Crippen LogP contribution in [0.15, 0.2) is 48.5 Å². The number of hydrazine groups is 1. The third kappa shape index (κ3) is 8.14. The van der Waals surface area contributed by atoms with Gasteiger partial charge in [0.25, 0.3) is 5.91 Å². The maximum atomic E-state index is 12.9. The van der Waals surface area contributed by atoms with E-state index in [4.69, 9.17) is 9.47 Å². The summed E-state index contributed by atoms with van der Waals surface area (Å²) in [6, 6.07) is 14.0. The van der Waals surface area contributed by atoms with Gasteiger partial charge in [-0.2, -0.15) is 0 Å². The maximum Gasteiger partial charge on any atom is 0.325 e. The Morgan fingerprint density at radius 3 is 2.33 bits per heavy atom. The number of hydrogen-bond acceptors (Lipinski definition) is 7. The fourth-order valence-corrected chi connectivity index (χ4v) is 4.35. The summed E-state index contributed by atoms with van der Waals surface area (Å²) in [5, 5.41) is 4.22. The zero-order chi connectivity index (χ0) is 29.4. The largest absolute Gasteiger partial charge is 0.481 e. The molecule has 2 N–H and O–H groups in total. The highest BCUT2D eigenvalue weighted by Crippen LogP contribution is 2.27. The summed E-state index contributed by atoms with van der Waals surface area (Å²) in [5.41, 5.74) is 5.74. The molecule has 0 bridgehead atoms. The summed E-state index contributed by atoms with van der Waals surface area (Å²) < 4.78 is 11.5. The van der Waals surface area contributed by atoms with Gasteiger partial charge in [0, 0.05) is 12.5 Å². The number of aldehydes is 1. The van der Waals surface area contributed by atoms with Crippen LogP contribution in [0.2, 0.25) is 0 Å². The standard InChI is InChI=1S/C31H41N3O6/c1-19(2)28(18-35)32-29(36)22(6)39-26-14-12-23(13-15-26)25-10-7-9-24(17-25)21(5)40-31(38)27-11-8-16-34(33-27)30(37)20(3)4/h7,9-10,12-15,17-22,27-28,33H,8,11,16H2,1-6H3,(H,32,36)/t21-,22+,27+,28-/m1/s1. The normalized spacial score (nSPS) is 17.6. The van der Waals surface area contributed by atoms with Crippen LogP contribution in [0, 0.1) is 11.8 Å². The van der Waals surface area contributed by atoms with E-state index in [1.54, 1.807) is 19.1 Å². The van der Waals surface area contributed by atoms with Gasteiger partial charge in [0.15, 0.2) is 6.10 Å². The van der Waals surface area contributed by atoms with Gasteiger partial charge in [-0.15, -0.1) is 0 Å². The number of hydrogen-bond donors (Lipinski definition) is 2. The van der Waals surface area contributed by atoms with Crippen molar-refractivity contribution in [3.05, 3.63) is 54.1 Å². The summed E-state index contributed by atoms with van der Waals surface area (Å²) >= 11 is 0. The molecule has 3 rings (SSSR count). The molecular formula is C31H41N3O6. The smallest absolute Gasteiger partial charge is 0.325 e. The monoisotopic (exact) mass is 551 g/mol. The van der Waals surface area contributed by atoms with Crippen molar-refractivity contribution in [1.82, 2.24) is 15.8 Å². The number of carbonyl (C=O) groups excluding carboxylic acids is 4. The molecule has 9 nitrogen and oxygen atoms in total. The Balaban J connectivity index is 1.60. The Hall–Kier alpha value is -3.72. The number of esters is 1. The zero-order valence-corrected chi connectivity index (χ0v) is 24.2. The number of nitrogens with zero attached hydrogens (tertiary/aromatic N) is 1. The predicted octanol–water partition coefficient (Wildman–Crippen LogP) is 4.22. The molecule has 1 aliphatic rings. The average Bonchev–Trinajstić information content (AvgIpc) is 2.95. The van der Waals surface area contributed by atoms with Gasteiger partial charge in [-0.05, 0) is 67.5 Å². The minimum absolute atomic E-state index is 0.00962. The minimum Gasteiger partial charge on any atom is -0.481 e. The molecule has 2 aromatic carbocycles. The van der Waals surface area contributed by atoms with Crippen molar-refractivity contribution in [3.8, 4) is 16.9 Å². The van der Waals surface area contributed by atoms with Crippen LogP contribution in [-0.4, -0.2) is 53.8 Å². The molecule has 0 saturated carbocycles. The molecule has 2 amide bonds. The fraction of sp³-hybridized carbons (Fsp3) is 0.484. The van der Waals surface area contributed by atoms with Crippen LogP contribution in [0.4, 0.5) is 0 Å². The number of benzene rings is 2. The summed E-state index contributed by atoms with van der Waals surface area (Å²) in [6.45, 7) is 11.4. The molecule has 1 aliphatic heterocycles. The van der Waals surface area contributed by atoms with Gasteiger partial charge in [0.2, 0.25) is 5.91 Å². The van der Waals surface area contributed by atoms with E-state index in [9.17, 15) is 19.2 Å². The summed E-state index contributed by atoms with van der Waals surface area (Å²) in [5.74, 6) is -0.407. The van der Waals surface area contributed by atoms with Crippen LogP contribution in [-0.2, 0) is 23.9 Å². The molecule has 1 fully saturated rings. The molecule has 4 atom stereocenters. The molecule has 2 aromatic rings. The first-order valence-corrected chi connectivity index (χ1v) is 13.9. The molecule has 1 heterocycles. The van der Waals surface area contributed by atoms with Crippen LogP contribution >= 0.6 is 0 Å². The lowest BCUT2D eigenvalue weighted by atomic mass is 10.0. The van der Waals surface area contributed by atoms with Crippen LogP contribution in [0.3, 0.4) is 0 Å². The van der Waals surface area contributed by atoms with Gasteiger partial charge in [0.1, 0.15) is 24.2 Å².